The third-order valence-corrected chi connectivity index (χ3v) is 4.67. The second-order valence-corrected chi connectivity index (χ2v) is 6.45. The summed E-state index contributed by atoms with van der Waals surface area (Å²) in [7, 11) is 0. The maximum atomic E-state index is 12.3. The number of ether oxygens (including phenoxy) is 1. The quantitative estimate of drug-likeness (QED) is 0.733. The molecule has 0 bridgehead atoms. The van der Waals surface area contributed by atoms with Crippen molar-refractivity contribution in [1.82, 2.24) is 5.32 Å². The molecule has 1 unspecified atom stereocenters. The van der Waals surface area contributed by atoms with E-state index in [1.165, 1.54) is 17.2 Å². The molecule has 1 atom stereocenters. The molecule has 0 saturated carbocycles. The molecule has 1 aromatic heterocycles. The van der Waals surface area contributed by atoms with E-state index >= 15 is 0 Å². The molecule has 1 amide bonds. The molecule has 0 radical (unpaired) electrons. The number of hydrogen-bond donors (Lipinski definition) is 1. The maximum absolute atomic E-state index is 12.3. The SMILES string of the molecule is O=C(COc1ccc2ccc(=O)oc2c1)NC1CCCc2ccccc21. The lowest BCUT2D eigenvalue weighted by molar-refractivity contribution is -0.123. The van der Waals surface area contributed by atoms with Crippen molar-refractivity contribution >= 4 is 16.9 Å². The first-order valence-corrected chi connectivity index (χ1v) is 8.73. The molecule has 132 valence electrons. The van der Waals surface area contributed by atoms with Crippen LogP contribution in [-0.2, 0) is 11.2 Å². The summed E-state index contributed by atoms with van der Waals surface area (Å²) in [6.07, 6.45) is 3.05. The first-order valence-electron chi connectivity index (χ1n) is 8.73. The van der Waals surface area contributed by atoms with Gasteiger partial charge < -0.3 is 14.5 Å². The molecule has 1 N–H and O–H groups in total. The van der Waals surface area contributed by atoms with Crippen molar-refractivity contribution in [1.29, 1.82) is 0 Å². The minimum Gasteiger partial charge on any atom is -0.484 e. The zero-order chi connectivity index (χ0) is 17.9. The lowest BCUT2D eigenvalue weighted by Gasteiger charge is -2.26. The molecule has 1 aliphatic rings. The highest BCUT2D eigenvalue weighted by Gasteiger charge is 2.21. The lowest BCUT2D eigenvalue weighted by Crippen LogP contribution is -2.34. The molecule has 5 heteroatoms. The minimum absolute atomic E-state index is 0.0330. The van der Waals surface area contributed by atoms with Gasteiger partial charge in [0.2, 0.25) is 0 Å². The third-order valence-electron chi connectivity index (χ3n) is 4.67. The van der Waals surface area contributed by atoms with E-state index in [9.17, 15) is 9.59 Å². The van der Waals surface area contributed by atoms with Crippen LogP contribution in [0.3, 0.4) is 0 Å². The summed E-state index contributed by atoms with van der Waals surface area (Å²) in [6, 6.07) is 16.5. The van der Waals surface area contributed by atoms with Crippen molar-refractivity contribution in [3.05, 3.63) is 76.1 Å². The number of carbonyl (C=O) groups is 1. The minimum atomic E-state index is -0.414. The molecule has 3 aromatic rings. The number of rotatable bonds is 4. The van der Waals surface area contributed by atoms with E-state index in [4.69, 9.17) is 9.15 Å². The first kappa shape index (κ1) is 16.4. The third kappa shape index (κ3) is 3.47. The number of aryl methyl sites for hydroxylation is 1. The maximum Gasteiger partial charge on any atom is 0.336 e. The predicted molar refractivity (Wildman–Crippen MR) is 98.2 cm³/mol. The van der Waals surface area contributed by atoms with Crippen LogP contribution in [0, 0.1) is 0 Å². The monoisotopic (exact) mass is 349 g/mol. The Hall–Kier alpha value is -3.08. The van der Waals surface area contributed by atoms with Crippen molar-refractivity contribution in [3.8, 4) is 5.75 Å². The van der Waals surface area contributed by atoms with Crippen molar-refractivity contribution in [3.63, 3.8) is 0 Å². The van der Waals surface area contributed by atoms with Crippen LogP contribution >= 0.6 is 0 Å². The van der Waals surface area contributed by atoms with Crippen LogP contribution in [0.4, 0.5) is 0 Å². The van der Waals surface area contributed by atoms with E-state index in [0.29, 0.717) is 11.3 Å². The predicted octanol–water partition coefficient (Wildman–Crippen LogP) is 3.37. The van der Waals surface area contributed by atoms with Crippen LogP contribution in [0.15, 0.2) is 63.8 Å². The fourth-order valence-corrected chi connectivity index (χ4v) is 3.42. The molecular formula is C21H19NO4. The number of carbonyl (C=O) groups excluding carboxylic acids is 1. The van der Waals surface area contributed by atoms with Crippen LogP contribution < -0.4 is 15.7 Å². The van der Waals surface area contributed by atoms with Crippen LogP contribution in [0.1, 0.15) is 30.0 Å². The normalized spacial score (nSPS) is 16.1. The molecule has 1 aliphatic carbocycles. The number of fused-ring (bicyclic) bond motifs is 2. The summed E-state index contributed by atoms with van der Waals surface area (Å²) in [4.78, 5) is 23.6. The Morgan fingerprint density at radius 2 is 2.00 bits per heavy atom. The van der Waals surface area contributed by atoms with E-state index in [1.807, 2.05) is 12.1 Å². The molecule has 4 rings (SSSR count). The van der Waals surface area contributed by atoms with E-state index in [0.717, 1.165) is 24.6 Å². The molecule has 1 heterocycles. The summed E-state index contributed by atoms with van der Waals surface area (Å²) in [5.41, 5.74) is 2.52. The number of amides is 1. The van der Waals surface area contributed by atoms with Crippen molar-refractivity contribution in [2.75, 3.05) is 6.61 Å². The Morgan fingerprint density at radius 3 is 2.92 bits per heavy atom. The van der Waals surface area contributed by atoms with Gasteiger partial charge in [-0.2, -0.15) is 0 Å². The van der Waals surface area contributed by atoms with E-state index in [1.54, 1.807) is 24.3 Å². The van der Waals surface area contributed by atoms with Gasteiger partial charge in [-0.05, 0) is 48.6 Å². The summed E-state index contributed by atoms with van der Waals surface area (Å²) >= 11 is 0. The Kier molecular flexibility index (Phi) is 4.44. The van der Waals surface area contributed by atoms with Gasteiger partial charge in [-0.3, -0.25) is 4.79 Å². The fourth-order valence-electron chi connectivity index (χ4n) is 3.42. The summed E-state index contributed by atoms with van der Waals surface area (Å²) in [6.45, 7) is -0.0821. The molecule has 0 saturated heterocycles. The summed E-state index contributed by atoms with van der Waals surface area (Å²) < 4.78 is 10.7. The first-order chi connectivity index (χ1) is 12.7. The zero-order valence-electron chi connectivity index (χ0n) is 14.2. The fraction of sp³-hybridized carbons (Fsp3) is 0.238. The standard InChI is InChI=1S/C21H19NO4/c23-20(22-18-7-3-5-14-4-1-2-6-17(14)18)13-25-16-10-8-15-9-11-21(24)26-19(15)12-16/h1-2,4,6,8-12,18H,3,5,7,13H2,(H,22,23). The van der Waals surface area contributed by atoms with Crippen LogP contribution in [-0.4, -0.2) is 12.5 Å². The summed E-state index contributed by atoms with van der Waals surface area (Å²) in [5.74, 6) is 0.326. The van der Waals surface area contributed by atoms with Crippen LogP contribution in [0.2, 0.25) is 0 Å². The second-order valence-electron chi connectivity index (χ2n) is 6.45. The Bertz CT molecular complexity index is 1010. The van der Waals surface area contributed by atoms with E-state index in [2.05, 4.69) is 17.4 Å². The molecule has 0 fully saturated rings. The van der Waals surface area contributed by atoms with Gasteiger partial charge in [-0.15, -0.1) is 0 Å². The smallest absolute Gasteiger partial charge is 0.336 e. The molecular weight excluding hydrogens is 330 g/mol. The summed E-state index contributed by atoms with van der Waals surface area (Å²) in [5, 5.41) is 3.86. The average molecular weight is 349 g/mol. The highest BCUT2D eigenvalue weighted by atomic mass is 16.5. The van der Waals surface area contributed by atoms with Crippen molar-refractivity contribution in [2.45, 2.75) is 25.3 Å². The molecule has 5 nitrogen and oxygen atoms in total. The van der Waals surface area contributed by atoms with Gasteiger partial charge in [0.15, 0.2) is 6.61 Å². The number of benzene rings is 2. The molecule has 0 aliphatic heterocycles. The highest BCUT2D eigenvalue weighted by Crippen LogP contribution is 2.29. The Morgan fingerprint density at radius 1 is 1.15 bits per heavy atom. The van der Waals surface area contributed by atoms with Gasteiger partial charge in [0.25, 0.3) is 5.91 Å². The van der Waals surface area contributed by atoms with E-state index < -0.39 is 5.63 Å². The molecule has 2 aromatic carbocycles. The van der Waals surface area contributed by atoms with Gasteiger partial charge in [0.1, 0.15) is 11.3 Å². The van der Waals surface area contributed by atoms with Crippen molar-refractivity contribution in [2.24, 2.45) is 0 Å². The molecule has 26 heavy (non-hydrogen) atoms. The molecule has 0 spiro atoms. The Balaban J connectivity index is 1.41. The van der Waals surface area contributed by atoms with Gasteiger partial charge in [0.05, 0.1) is 6.04 Å². The Labute approximate surface area is 150 Å². The van der Waals surface area contributed by atoms with Gasteiger partial charge >= 0.3 is 5.63 Å². The second kappa shape index (κ2) is 7.04. The average Bonchev–Trinajstić information content (AvgIpc) is 2.66. The topological polar surface area (TPSA) is 68.5 Å². The number of nitrogens with one attached hydrogen (secondary N) is 1. The van der Waals surface area contributed by atoms with Gasteiger partial charge in [-0.25, -0.2) is 4.79 Å². The number of hydrogen-bond acceptors (Lipinski definition) is 4. The zero-order valence-corrected chi connectivity index (χ0v) is 14.2. The van der Waals surface area contributed by atoms with Crippen LogP contribution in [0.5, 0.6) is 5.75 Å². The highest BCUT2D eigenvalue weighted by molar-refractivity contribution is 5.79. The lowest BCUT2D eigenvalue weighted by atomic mass is 9.88. The van der Waals surface area contributed by atoms with E-state index in [-0.39, 0.29) is 18.6 Å². The largest absolute Gasteiger partial charge is 0.484 e. The van der Waals surface area contributed by atoms with Crippen LogP contribution in [0.25, 0.3) is 11.0 Å². The van der Waals surface area contributed by atoms with Gasteiger partial charge in [0, 0.05) is 17.5 Å². The van der Waals surface area contributed by atoms with Gasteiger partial charge in [-0.1, -0.05) is 24.3 Å². The van der Waals surface area contributed by atoms with Crippen molar-refractivity contribution < 1.29 is 13.9 Å².